The first-order chi connectivity index (χ1) is 14.6. The number of benzene rings is 3. The van der Waals surface area contributed by atoms with Crippen molar-refractivity contribution in [2.24, 2.45) is 0 Å². The first kappa shape index (κ1) is 20.4. The van der Waals surface area contributed by atoms with E-state index in [4.69, 9.17) is 9.47 Å². The number of rotatable bonds is 5. The molecule has 3 aromatic rings. The summed E-state index contributed by atoms with van der Waals surface area (Å²) in [7, 11) is 3.07. The summed E-state index contributed by atoms with van der Waals surface area (Å²) in [5, 5.41) is 3.61. The zero-order chi connectivity index (χ0) is 21.1. The van der Waals surface area contributed by atoms with Gasteiger partial charge in [-0.2, -0.15) is 0 Å². The Balaban J connectivity index is 1.86. The molecule has 6 heteroatoms. The zero-order valence-electron chi connectivity index (χ0n) is 16.8. The molecule has 4 rings (SSSR count). The van der Waals surface area contributed by atoms with Gasteiger partial charge < -0.3 is 14.8 Å². The van der Waals surface area contributed by atoms with Gasteiger partial charge in [-0.15, -0.1) is 0 Å². The quantitative estimate of drug-likeness (QED) is 0.527. The molecule has 1 aliphatic heterocycles. The van der Waals surface area contributed by atoms with Gasteiger partial charge in [0.25, 0.3) is 0 Å². The van der Waals surface area contributed by atoms with Gasteiger partial charge in [-0.05, 0) is 47.0 Å². The Labute approximate surface area is 184 Å². The van der Waals surface area contributed by atoms with Crippen molar-refractivity contribution in [1.82, 2.24) is 4.90 Å². The van der Waals surface area contributed by atoms with E-state index in [1.54, 1.807) is 7.11 Å². The Morgan fingerprint density at radius 1 is 1.00 bits per heavy atom. The van der Waals surface area contributed by atoms with Crippen molar-refractivity contribution in [2.45, 2.75) is 12.2 Å². The van der Waals surface area contributed by atoms with Crippen molar-refractivity contribution >= 4 is 27.6 Å². The minimum Gasteiger partial charge on any atom is -0.497 e. The van der Waals surface area contributed by atoms with Gasteiger partial charge >= 0.3 is 5.97 Å². The number of ether oxygens (including phenoxy) is 2. The molecule has 0 aliphatic carbocycles. The maximum absolute atomic E-state index is 12.4. The highest BCUT2D eigenvalue weighted by Gasteiger charge is 2.37. The maximum Gasteiger partial charge on any atom is 0.319 e. The third-order valence-electron chi connectivity index (χ3n) is 5.35. The van der Waals surface area contributed by atoms with Crippen molar-refractivity contribution in [3.63, 3.8) is 0 Å². The smallest absolute Gasteiger partial charge is 0.319 e. The molecule has 2 atom stereocenters. The molecule has 154 valence electrons. The van der Waals surface area contributed by atoms with Crippen molar-refractivity contribution in [1.29, 1.82) is 0 Å². The number of fused-ring (bicyclic) bond motifs is 1. The minimum atomic E-state index is -0.283. The molecule has 1 heterocycles. The molecule has 0 saturated heterocycles. The molecule has 30 heavy (non-hydrogen) atoms. The second kappa shape index (κ2) is 8.90. The van der Waals surface area contributed by atoms with Crippen molar-refractivity contribution in [2.75, 3.05) is 26.1 Å². The summed E-state index contributed by atoms with van der Waals surface area (Å²) in [6, 6.07) is 24.2. The third kappa shape index (κ3) is 4.06. The molecule has 0 bridgehead atoms. The van der Waals surface area contributed by atoms with Gasteiger partial charge in [-0.25, -0.2) is 0 Å². The van der Waals surface area contributed by atoms with Crippen LogP contribution in [-0.4, -0.2) is 31.6 Å². The molecule has 3 aromatic carbocycles. The predicted molar refractivity (Wildman–Crippen MR) is 121 cm³/mol. The lowest BCUT2D eigenvalue weighted by molar-refractivity contribution is -0.143. The SMILES string of the molecule is COC(=O)CN1[C@H](c2ccccc2)c2cc(Br)ccc2N[C@H]1c1ccc(OC)cc1. The molecule has 0 saturated carbocycles. The Morgan fingerprint density at radius 3 is 2.40 bits per heavy atom. The van der Waals surface area contributed by atoms with E-state index in [0.29, 0.717) is 0 Å². The highest BCUT2D eigenvalue weighted by Crippen LogP contribution is 2.44. The Morgan fingerprint density at radius 2 is 1.73 bits per heavy atom. The molecular formula is C24H23BrN2O3. The van der Waals surface area contributed by atoms with Gasteiger partial charge in [0.05, 0.1) is 26.8 Å². The normalized spacial score (nSPS) is 18.2. The van der Waals surface area contributed by atoms with E-state index < -0.39 is 0 Å². The molecule has 1 aliphatic rings. The summed E-state index contributed by atoms with van der Waals surface area (Å²) in [6.07, 6.45) is -0.214. The van der Waals surface area contributed by atoms with Crippen LogP contribution in [0.1, 0.15) is 28.9 Å². The molecule has 0 aromatic heterocycles. The summed E-state index contributed by atoms with van der Waals surface area (Å²) in [4.78, 5) is 14.5. The molecule has 0 radical (unpaired) electrons. The number of methoxy groups -OCH3 is 2. The van der Waals surface area contributed by atoms with Crippen LogP contribution < -0.4 is 10.1 Å². The van der Waals surface area contributed by atoms with Crippen LogP contribution in [0.15, 0.2) is 77.3 Å². The third-order valence-corrected chi connectivity index (χ3v) is 5.84. The van der Waals surface area contributed by atoms with Crippen LogP contribution in [0, 0.1) is 0 Å². The second-order valence-corrected chi connectivity index (χ2v) is 8.03. The Hall–Kier alpha value is -2.83. The van der Waals surface area contributed by atoms with E-state index in [1.807, 2.05) is 48.5 Å². The number of carbonyl (C=O) groups is 1. The summed E-state index contributed by atoms with van der Waals surface area (Å²) in [6.45, 7) is 0.145. The molecular weight excluding hydrogens is 444 g/mol. The highest BCUT2D eigenvalue weighted by atomic mass is 79.9. The molecule has 1 N–H and O–H groups in total. The van der Waals surface area contributed by atoms with Crippen LogP contribution in [0.4, 0.5) is 5.69 Å². The number of hydrogen-bond donors (Lipinski definition) is 1. The van der Waals surface area contributed by atoms with Crippen molar-refractivity contribution in [3.8, 4) is 5.75 Å². The lowest BCUT2D eigenvalue weighted by Gasteiger charge is -2.44. The standard InChI is InChI=1S/C24H23BrN2O3/c1-29-19-11-8-17(9-12-19)24-26-21-13-10-18(25)14-20(21)23(16-6-4-3-5-7-16)27(24)15-22(28)30-2/h3-14,23-24,26H,15H2,1-2H3/t23-,24-/m1/s1. The lowest BCUT2D eigenvalue weighted by Crippen LogP contribution is -2.44. The number of nitrogens with one attached hydrogen (secondary N) is 1. The van der Waals surface area contributed by atoms with E-state index in [2.05, 4.69) is 50.4 Å². The first-order valence-corrected chi connectivity index (χ1v) is 10.5. The fourth-order valence-corrected chi connectivity index (χ4v) is 4.29. The fraction of sp³-hybridized carbons (Fsp3) is 0.208. The van der Waals surface area contributed by atoms with Gasteiger partial charge in [-0.3, -0.25) is 9.69 Å². The fourth-order valence-electron chi connectivity index (χ4n) is 3.91. The van der Waals surface area contributed by atoms with Crippen LogP contribution in [-0.2, 0) is 9.53 Å². The topological polar surface area (TPSA) is 50.8 Å². The van der Waals surface area contributed by atoms with Gasteiger partial charge in [-0.1, -0.05) is 58.4 Å². The Kier molecular flexibility index (Phi) is 6.06. The van der Waals surface area contributed by atoms with Crippen LogP contribution in [0.2, 0.25) is 0 Å². The van der Waals surface area contributed by atoms with Crippen LogP contribution in [0.3, 0.4) is 0 Å². The summed E-state index contributed by atoms with van der Waals surface area (Å²) >= 11 is 3.60. The molecule has 5 nitrogen and oxygen atoms in total. The number of esters is 1. The molecule has 0 unspecified atom stereocenters. The van der Waals surface area contributed by atoms with E-state index >= 15 is 0 Å². The van der Waals surface area contributed by atoms with Gasteiger partial charge in [0.1, 0.15) is 11.9 Å². The van der Waals surface area contributed by atoms with E-state index in [9.17, 15) is 4.79 Å². The maximum atomic E-state index is 12.4. The average Bonchev–Trinajstić information content (AvgIpc) is 2.79. The van der Waals surface area contributed by atoms with Gasteiger partial charge in [0.2, 0.25) is 0 Å². The van der Waals surface area contributed by atoms with Gasteiger partial charge in [0.15, 0.2) is 0 Å². The van der Waals surface area contributed by atoms with Gasteiger partial charge in [0, 0.05) is 10.2 Å². The molecule has 0 fully saturated rings. The van der Waals surface area contributed by atoms with Crippen LogP contribution in [0.25, 0.3) is 0 Å². The Bertz CT molecular complexity index is 1020. The molecule has 0 spiro atoms. The average molecular weight is 467 g/mol. The van der Waals surface area contributed by atoms with E-state index in [0.717, 1.165) is 32.6 Å². The summed E-state index contributed by atoms with van der Waals surface area (Å²) in [5.74, 6) is 0.507. The largest absolute Gasteiger partial charge is 0.497 e. The van der Waals surface area contributed by atoms with Crippen molar-refractivity contribution < 1.29 is 14.3 Å². The lowest BCUT2D eigenvalue weighted by atomic mass is 9.91. The van der Waals surface area contributed by atoms with Crippen LogP contribution in [0.5, 0.6) is 5.75 Å². The second-order valence-electron chi connectivity index (χ2n) is 7.11. The number of nitrogens with zero attached hydrogens (tertiary/aromatic N) is 1. The van der Waals surface area contributed by atoms with E-state index in [-0.39, 0.29) is 24.7 Å². The number of carbonyl (C=O) groups excluding carboxylic acids is 1. The van der Waals surface area contributed by atoms with Crippen molar-refractivity contribution in [3.05, 3.63) is 94.0 Å². The highest BCUT2D eigenvalue weighted by molar-refractivity contribution is 9.10. The predicted octanol–water partition coefficient (Wildman–Crippen LogP) is 5.15. The minimum absolute atomic E-state index is 0.119. The first-order valence-electron chi connectivity index (χ1n) is 9.68. The zero-order valence-corrected chi connectivity index (χ0v) is 18.4. The van der Waals surface area contributed by atoms with Crippen LogP contribution >= 0.6 is 15.9 Å². The number of halogens is 1. The molecule has 0 amide bonds. The number of anilines is 1. The number of hydrogen-bond acceptors (Lipinski definition) is 5. The monoisotopic (exact) mass is 466 g/mol. The summed E-state index contributed by atoms with van der Waals surface area (Å²) < 4.78 is 11.3. The summed E-state index contributed by atoms with van der Waals surface area (Å²) in [5.41, 5.74) is 4.29. The van der Waals surface area contributed by atoms with E-state index in [1.165, 1.54) is 7.11 Å².